The Kier molecular flexibility index (Phi) is 9.59. The summed E-state index contributed by atoms with van der Waals surface area (Å²) in [4.78, 5) is 30.0. The zero-order chi connectivity index (χ0) is 24.7. The van der Waals surface area contributed by atoms with Gasteiger partial charge in [-0.15, -0.1) is 0 Å². The Morgan fingerprint density at radius 1 is 1.21 bits per heavy atom. The molecule has 8 heteroatoms. The number of likely N-dealkylation sites (N-methyl/N-ethyl adjacent to an activating group) is 1. The molecule has 3 atom stereocenters. The lowest BCUT2D eigenvalue weighted by atomic mass is 10.0. The van der Waals surface area contributed by atoms with Gasteiger partial charge in [-0.1, -0.05) is 26.7 Å². The van der Waals surface area contributed by atoms with E-state index in [4.69, 9.17) is 9.47 Å². The van der Waals surface area contributed by atoms with Crippen LogP contribution in [0.5, 0.6) is 5.75 Å². The van der Waals surface area contributed by atoms with E-state index < -0.39 is 0 Å². The monoisotopic (exact) mass is 474 g/mol. The molecule has 190 valence electrons. The number of anilines is 1. The van der Waals surface area contributed by atoms with Crippen molar-refractivity contribution in [1.29, 1.82) is 0 Å². The second-order valence-electron chi connectivity index (χ2n) is 9.88. The van der Waals surface area contributed by atoms with Gasteiger partial charge < -0.3 is 25.0 Å². The Bertz CT molecular complexity index is 827. The summed E-state index contributed by atoms with van der Waals surface area (Å²) in [6.07, 6.45) is 5.31. The number of urea groups is 1. The number of nitrogens with zero attached hydrogens (tertiary/aromatic N) is 2. The van der Waals surface area contributed by atoms with E-state index >= 15 is 0 Å². The minimum Gasteiger partial charge on any atom is -0.491 e. The molecule has 0 unspecified atom stereocenters. The van der Waals surface area contributed by atoms with Gasteiger partial charge in [0, 0.05) is 45.0 Å². The number of amides is 3. The molecule has 0 radical (unpaired) electrons. The predicted octanol–water partition coefficient (Wildman–Crippen LogP) is 3.97. The van der Waals surface area contributed by atoms with Gasteiger partial charge in [0.1, 0.15) is 12.4 Å². The van der Waals surface area contributed by atoms with Crippen LogP contribution < -0.4 is 15.4 Å². The molecule has 2 aliphatic rings. The van der Waals surface area contributed by atoms with Crippen LogP contribution in [0.25, 0.3) is 0 Å². The van der Waals surface area contributed by atoms with Crippen molar-refractivity contribution in [3.05, 3.63) is 23.8 Å². The molecule has 3 rings (SSSR count). The molecule has 1 heterocycles. The average Bonchev–Trinajstić information content (AvgIpc) is 3.32. The fourth-order valence-corrected chi connectivity index (χ4v) is 4.95. The van der Waals surface area contributed by atoms with Crippen molar-refractivity contribution in [3.8, 4) is 5.75 Å². The van der Waals surface area contributed by atoms with Crippen LogP contribution in [-0.2, 0) is 4.74 Å². The minimum atomic E-state index is -0.237. The quantitative estimate of drug-likeness (QED) is 0.675. The largest absolute Gasteiger partial charge is 0.491 e. The summed E-state index contributed by atoms with van der Waals surface area (Å²) in [5.74, 6) is 0.632. The fraction of sp³-hybridized carbons (Fsp3) is 0.692. The second-order valence-corrected chi connectivity index (χ2v) is 9.88. The number of carbonyl (C=O) groups is 2. The Morgan fingerprint density at radius 2 is 1.94 bits per heavy atom. The van der Waals surface area contributed by atoms with Crippen molar-refractivity contribution in [2.75, 3.05) is 45.7 Å². The molecule has 2 N–H and O–H groups in total. The molecule has 3 amide bonds. The zero-order valence-electron chi connectivity index (χ0n) is 21.4. The molecule has 1 aliphatic heterocycles. The SMILES string of the molecule is CCCN1C[C@@H](C)[C@@H](OC)CN(C)C(=O)c2cc(NC(=O)NC3CCCC3)ccc2OC[C@@H]1C. The number of carbonyl (C=O) groups excluding carboxylic acids is 2. The number of fused-ring (bicyclic) bond motifs is 1. The Morgan fingerprint density at radius 3 is 2.62 bits per heavy atom. The molecule has 0 aromatic heterocycles. The van der Waals surface area contributed by atoms with E-state index in [1.807, 2.05) is 0 Å². The number of nitrogens with one attached hydrogen (secondary N) is 2. The van der Waals surface area contributed by atoms with Crippen LogP contribution >= 0.6 is 0 Å². The Labute approximate surface area is 204 Å². The standard InChI is InChI=1S/C26H42N4O4/c1-6-13-30-15-18(2)24(33-5)16-29(4)25(31)22-14-21(11-12-23(22)34-17-19(30)3)28-26(32)27-20-9-7-8-10-20/h11-12,14,18-20,24H,6-10,13,15-17H2,1-5H3,(H2,27,28,32)/t18-,19+,24+/m1/s1. The van der Waals surface area contributed by atoms with E-state index in [-0.39, 0.29) is 36.0 Å². The number of benzene rings is 1. The van der Waals surface area contributed by atoms with Crippen LogP contribution in [-0.4, -0.2) is 80.3 Å². The van der Waals surface area contributed by atoms with E-state index in [1.54, 1.807) is 37.3 Å². The first-order valence-electron chi connectivity index (χ1n) is 12.7. The van der Waals surface area contributed by atoms with Crippen LogP contribution in [0.4, 0.5) is 10.5 Å². The van der Waals surface area contributed by atoms with E-state index in [1.165, 1.54) is 0 Å². The summed E-state index contributed by atoms with van der Waals surface area (Å²) in [7, 11) is 3.50. The molecule has 1 fully saturated rings. The molecule has 1 aromatic carbocycles. The van der Waals surface area contributed by atoms with Crippen LogP contribution in [0, 0.1) is 5.92 Å². The van der Waals surface area contributed by atoms with Gasteiger partial charge in [-0.25, -0.2) is 4.79 Å². The molecule has 0 spiro atoms. The molecule has 1 aliphatic carbocycles. The van der Waals surface area contributed by atoms with Crippen molar-refractivity contribution >= 4 is 17.6 Å². The Balaban J connectivity index is 1.84. The number of ether oxygens (including phenoxy) is 2. The molecule has 1 saturated carbocycles. The van der Waals surface area contributed by atoms with Crippen molar-refractivity contribution in [2.24, 2.45) is 5.92 Å². The fourth-order valence-electron chi connectivity index (χ4n) is 4.95. The van der Waals surface area contributed by atoms with Crippen LogP contribution in [0.2, 0.25) is 0 Å². The molecule has 34 heavy (non-hydrogen) atoms. The van der Waals surface area contributed by atoms with E-state index in [9.17, 15) is 9.59 Å². The maximum atomic E-state index is 13.4. The van der Waals surface area contributed by atoms with E-state index in [0.717, 1.165) is 45.2 Å². The zero-order valence-corrected chi connectivity index (χ0v) is 21.4. The Hall–Kier alpha value is -2.32. The number of hydrogen-bond donors (Lipinski definition) is 2. The average molecular weight is 475 g/mol. The number of methoxy groups -OCH3 is 1. The highest BCUT2D eigenvalue weighted by molar-refractivity contribution is 5.99. The lowest BCUT2D eigenvalue weighted by Gasteiger charge is -2.35. The van der Waals surface area contributed by atoms with Crippen LogP contribution in [0.15, 0.2) is 18.2 Å². The minimum absolute atomic E-state index is 0.0807. The van der Waals surface area contributed by atoms with Crippen molar-refractivity contribution in [2.45, 2.75) is 71.1 Å². The highest BCUT2D eigenvalue weighted by Gasteiger charge is 2.28. The van der Waals surface area contributed by atoms with Crippen molar-refractivity contribution < 1.29 is 19.1 Å². The normalized spacial score (nSPS) is 25.1. The van der Waals surface area contributed by atoms with Gasteiger partial charge in [-0.05, 0) is 56.8 Å². The summed E-state index contributed by atoms with van der Waals surface area (Å²) in [6.45, 7) is 9.33. The first kappa shape index (κ1) is 26.3. The lowest BCUT2D eigenvalue weighted by Crippen LogP contribution is -2.46. The van der Waals surface area contributed by atoms with Gasteiger partial charge >= 0.3 is 6.03 Å². The molecule has 8 nitrogen and oxygen atoms in total. The summed E-state index contributed by atoms with van der Waals surface area (Å²) in [5, 5.41) is 5.92. The van der Waals surface area contributed by atoms with Crippen LogP contribution in [0.3, 0.4) is 0 Å². The van der Waals surface area contributed by atoms with Gasteiger partial charge in [0.25, 0.3) is 5.91 Å². The van der Waals surface area contributed by atoms with E-state index in [2.05, 4.69) is 36.3 Å². The molecule has 0 saturated heterocycles. The molecular formula is C26H42N4O4. The molecular weight excluding hydrogens is 432 g/mol. The topological polar surface area (TPSA) is 83.1 Å². The second kappa shape index (κ2) is 12.4. The maximum Gasteiger partial charge on any atom is 0.319 e. The lowest BCUT2D eigenvalue weighted by molar-refractivity contribution is 0.0108. The summed E-state index contributed by atoms with van der Waals surface area (Å²) in [5.41, 5.74) is 1.02. The van der Waals surface area contributed by atoms with Gasteiger partial charge in [-0.2, -0.15) is 0 Å². The molecule has 1 aromatic rings. The summed E-state index contributed by atoms with van der Waals surface area (Å²) < 4.78 is 12.0. The number of rotatable bonds is 5. The smallest absolute Gasteiger partial charge is 0.319 e. The number of hydrogen-bond acceptors (Lipinski definition) is 5. The first-order valence-corrected chi connectivity index (χ1v) is 12.7. The third kappa shape index (κ3) is 6.85. The highest BCUT2D eigenvalue weighted by atomic mass is 16.5. The molecule has 0 bridgehead atoms. The van der Waals surface area contributed by atoms with Gasteiger partial charge in [0.15, 0.2) is 0 Å². The van der Waals surface area contributed by atoms with Gasteiger partial charge in [-0.3, -0.25) is 9.69 Å². The third-order valence-electron chi connectivity index (χ3n) is 7.03. The van der Waals surface area contributed by atoms with Crippen molar-refractivity contribution in [1.82, 2.24) is 15.1 Å². The van der Waals surface area contributed by atoms with Gasteiger partial charge in [0.2, 0.25) is 0 Å². The van der Waals surface area contributed by atoms with E-state index in [0.29, 0.717) is 30.2 Å². The first-order chi connectivity index (χ1) is 16.3. The third-order valence-corrected chi connectivity index (χ3v) is 7.03. The maximum absolute atomic E-state index is 13.4. The van der Waals surface area contributed by atoms with Crippen molar-refractivity contribution in [3.63, 3.8) is 0 Å². The summed E-state index contributed by atoms with van der Waals surface area (Å²) >= 11 is 0. The highest BCUT2D eigenvalue weighted by Crippen LogP contribution is 2.27. The van der Waals surface area contributed by atoms with Gasteiger partial charge in [0.05, 0.1) is 11.7 Å². The summed E-state index contributed by atoms with van der Waals surface area (Å²) in [6, 6.07) is 5.47. The van der Waals surface area contributed by atoms with Crippen LogP contribution in [0.1, 0.15) is 63.2 Å². The predicted molar refractivity (Wildman–Crippen MR) is 135 cm³/mol.